The molecule has 0 aliphatic heterocycles. The highest BCUT2D eigenvalue weighted by atomic mass is 32.1. The summed E-state index contributed by atoms with van der Waals surface area (Å²) in [5, 5.41) is 9.57. The molecule has 3 N–H and O–H groups in total. The Morgan fingerprint density at radius 1 is 0.920 bits per heavy atom. The Labute approximate surface area is 302 Å². The maximum Gasteiger partial charge on any atom is 0.416 e. The molecule has 0 spiro atoms. The first kappa shape index (κ1) is 37.1. The number of nitrogens with one attached hydrogen (secondary N) is 3. The number of carbonyl (C=O) groups excluding carboxylic acids is 2. The second-order valence-electron chi connectivity index (χ2n) is 18.4. The summed E-state index contributed by atoms with van der Waals surface area (Å²) in [4.78, 5) is 27.7. The summed E-state index contributed by atoms with van der Waals surface area (Å²) < 4.78 is 38.8. The number of halogens is 3. The number of amides is 1. The van der Waals surface area contributed by atoms with Gasteiger partial charge < -0.3 is 16.0 Å². The smallest absolute Gasteiger partial charge is 0.361 e. The summed E-state index contributed by atoms with van der Waals surface area (Å²) in [5.74, 6) is 1.31. The van der Waals surface area contributed by atoms with Crippen LogP contribution < -0.4 is 16.0 Å². The molecule has 6 rings (SSSR count). The number of hydrogen-bond acceptors (Lipinski definition) is 3. The Kier molecular flexibility index (Phi) is 9.05. The van der Waals surface area contributed by atoms with E-state index in [9.17, 15) is 22.8 Å². The predicted octanol–water partition coefficient (Wildman–Crippen LogP) is 9.64. The quantitative estimate of drug-likeness (QED) is 0.123. The molecule has 274 valence electrons. The zero-order chi connectivity index (χ0) is 36.7. The first-order valence-electron chi connectivity index (χ1n) is 18.5. The van der Waals surface area contributed by atoms with Crippen molar-refractivity contribution in [3.05, 3.63) is 53.6 Å². The van der Waals surface area contributed by atoms with Crippen molar-refractivity contribution in [3.8, 4) is 0 Å². The number of benzene rings is 1. The SMILES string of the molecule is C=C1C[C@]2(C)[C@H]3CC=C4[C@@H]5CC(C)(C)CC[C@]5(C(=O)NCCNC(=S)Nc5ccc(C(F)(F)F)cc5)CC[C@@]4(C)[C@]3(C)CC[C@H]2C(C)(C)C1=O. The molecule has 0 unspecified atom stereocenters. The predicted molar refractivity (Wildman–Crippen MR) is 197 cm³/mol. The van der Waals surface area contributed by atoms with Crippen LogP contribution in [0, 0.1) is 50.2 Å². The first-order valence-corrected chi connectivity index (χ1v) is 19.0. The molecule has 1 aromatic carbocycles. The summed E-state index contributed by atoms with van der Waals surface area (Å²) in [6.07, 6.45) is 6.73. The highest BCUT2D eigenvalue weighted by Crippen LogP contribution is 2.75. The molecule has 50 heavy (non-hydrogen) atoms. The third-order valence-electron chi connectivity index (χ3n) is 14.9. The Balaban J connectivity index is 1.18. The molecule has 0 radical (unpaired) electrons. The molecular formula is C41H56F3N3O2S. The zero-order valence-corrected chi connectivity index (χ0v) is 31.8. The third kappa shape index (κ3) is 5.76. The lowest BCUT2D eigenvalue weighted by Crippen LogP contribution is -2.65. The third-order valence-corrected chi connectivity index (χ3v) is 15.1. The molecule has 1 aromatic rings. The van der Waals surface area contributed by atoms with Gasteiger partial charge in [0.25, 0.3) is 0 Å². The van der Waals surface area contributed by atoms with Crippen molar-refractivity contribution in [2.75, 3.05) is 18.4 Å². The van der Waals surface area contributed by atoms with Crippen LogP contribution in [0.15, 0.2) is 48.1 Å². The molecule has 5 nitrogen and oxygen atoms in total. The molecule has 5 aliphatic carbocycles. The van der Waals surface area contributed by atoms with Crippen LogP contribution >= 0.6 is 12.2 Å². The van der Waals surface area contributed by atoms with E-state index in [4.69, 9.17) is 12.2 Å². The second kappa shape index (κ2) is 12.2. The fourth-order valence-corrected chi connectivity index (χ4v) is 12.3. The highest BCUT2D eigenvalue weighted by Gasteiger charge is 2.69. The van der Waals surface area contributed by atoms with Crippen LogP contribution in [-0.4, -0.2) is 29.9 Å². The number of alkyl halides is 3. The second-order valence-corrected chi connectivity index (χ2v) is 18.8. The molecule has 0 aromatic heterocycles. The number of rotatable bonds is 5. The number of fused-ring (bicyclic) bond motifs is 7. The van der Waals surface area contributed by atoms with Crippen LogP contribution in [0.5, 0.6) is 0 Å². The van der Waals surface area contributed by atoms with Gasteiger partial charge in [-0.3, -0.25) is 9.59 Å². The monoisotopic (exact) mass is 711 g/mol. The molecule has 7 atom stereocenters. The van der Waals surface area contributed by atoms with Crippen molar-refractivity contribution in [1.29, 1.82) is 0 Å². The number of anilines is 1. The zero-order valence-electron chi connectivity index (χ0n) is 31.0. The number of allylic oxidation sites excluding steroid dienone is 3. The lowest BCUT2D eigenvalue weighted by molar-refractivity contribution is -0.179. The normalized spacial score (nSPS) is 37.2. The van der Waals surface area contributed by atoms with Crippen molar-refractivity contribution in [3.63, 3.8) is 0 Å². The van der Waals surface area contributed by atoms with Gasteiger partial charge in [-0.15, -0.1) is 0 Å². The van der Waals surface area contributed by atoms with Gasteiger partial charge in [0.2, 0.25) is 5.91 Å². The number of hydrogen-bond donors (Lipinski definition) is 3. The molecule has 4 saturated carbocycles. The van der Waals surface area contributed by atoms with E-state index in [1.807, 2.05) is 0 Å². The lowest BCUT2D eigenvalue weighted by Gasteiger charge is -2.70. The molecule has 0 bridgehead atoms. The number of Topliss-reactive ketones (excluding diaryl/α,β-unsaturated/α-hetero) is 1. The minimum absolute atomic E-state index is 0.000762. The lowest BCUT2D eigenvalue weighted by atomic mass is 9.33. The van der Waals surface area contributed by atoms with Gasteiger partial charge in [0, 0.05) is 24.2 Å². The minimum atomic E-state index is -4.39. The van der Waals surface area contributed by atoms with Gasteiger partial charge in [-0.1, -0.05) is 66.7 Å². The molecule has 1 amide bonds. The maximum atomic E-state index is 14.4. The van der Waals surface area contributed by atoms with Gasteiger partial charge in [-0.25, -0.2) is 0 Å². The van der Waals surface area contributed by atoms with Crippen molar-refractivity contribution in [2.45, 2.75) is 112 Å². The van der Waals surface area contributed by atoms with Gasteiger partial charge in [-0.2, -0.15) is 13.2 Å². The Hall–Kier alpha value is -2.68. The minimum Gasteiger partial charge on any atom is -0.361 e. The summed E-state index contributed by atoms with van der Waals surface area (Å²) in [7, 11) is 0. The van der Waals surface area contributed by atoms with E-state index in [2.05, 4.69) is 77.1 Å². The van der Waals surface area contributed by atoms with Gasteiger partial charge in [0.15, 0.2) is 10.9 Å². The van der Waals surface area contributed by atoms with E-state index in [0.717, 1.165) is 75.5 Å². The first-order chi connectivity index (χ1) is 23.1. The molecule has 4 fully saturated rings. The van der Waals surface area contributed by atoms with Crippen LogP contribution in [0.1, 0.15) is 112 Å². The Morgan fingerprint density at radius 2 is 1.56 bits per heavy atom. The number of ketones is 1. The van der Waals surface area contributed by atoms with E-state index in [-0.39, 0.29) is 44.4 Å². The Morgan fingerprint density at radius 3 is 2.22 bits per heavy atom. The van der Waals surface area contributed by atoms with Gasteiger partial charge >= 0.3 is 6.18 Å². The molecule has 5 aliphatic rings. The van der Waals surface area contributed by atoms with Gasteiger partial charge in [-0.05, 0) is 139 Å². The molecule has 0 heterocycles. The maximum absolute atomic E-state index is 14.4. The van der Waals surface area contributed by atoms with Gasteiger partial charge in [0.1, 0.15) is 0 Å². The van der Waals surface area contributed by atoms with E-state index in [0.29, 0.717) is 30.6 Å². The van der Waals surface area contributed by atoms with Crippen molar-refractivity contribution in [1.82, 2.24) is 10.6 Å². The summed E-state index contributed by atoms with van der Waals surface area (Å²) in [5.41, 5.74) is 1.33. The molecule has 9 heteroatoms. The molecular weight excluding hydrogens is 656 g/mol. The molecule has 0 saturated heterocycles. The van der Waals surface area contributed by atoms with E-state index >= 15 is 0 Å². The van der Waals surface area contributed by atoms with Gasteiger partial charge in [0.05, 0.1) is 11.0 Å². The number of thiocarbonyl (C=S) groups is 1. The summed E-state index contributed by atoms with van der Waals surface area (Å²) in [6.45, 7) is 21.6. The number of carbonyl (C=O) groups is 2. The van der Waals surface area contributed by atoms with Crippen molar-refractivity contribution < 1.29 is 22.8 Å². The van der Waals surface area contributed by atoms with Crippen molar-refractivity contribution >= 4 is 34.7 Å². The van der Waals surface area contributed by atoms with E-state index in [1.165, 1.54) is 17.7 Å². The van der Waals surface area contributed by atoms with Crippen LogP contribution in [-0.2, 0) is 15.8 Å². The summed E-state index contributed by atoms with van der Waals surface area (Å²) >= 11 is 5.38. The van der Waals surface area contributed by atoms with E-state index in [1.54, 1.807) is 0 Å². The Bertz CT molecular complexity index is 1610. The van der Waals surface area contributed by atoms with Crippen LogP contribution in [0.4, 0.5) is 18.9 Å². The average Bonchev–Trinajstić information content (AvgIpc) is 3.02. The largest absolute Gasteiger partial charge is 0.416 e. The van der Waals surface area contributed by atoms with Crippen molar-refractivity contribution in [2.24, 2.45) is 50.2 Å². The fraction of sp³-hybridized carbons (Fsp3) is 0.683. The van der Waals surface area contributed by atoms with Crippen LogP contribution in [0.3, 0.4) is 0 Å². The topological polar surface area (TPSA) is 70.2 Å². The standard InChI is InChI=1S/C41H56F3N3O2S/c1-25-23-37(6)30(36(4,5)32(25)48)15-16-39(8)31(37)14-13-28-29-24-35(2,3)17-19-40(29,20-18-38(28,39)7)33(49)45-21-22-46-34(50)47-27-11-9-26(10-12-27)41(42,43)44/h9-13,29-31H,1,14-24H2,2-8H3,(H,45,49)(H2,46,47,50)/t29-,30-,31+,37-,38+,39+,40-/m0/s1. The van der Waals surface area contributed by atoms with E-state index < -0.39 is 22.6 Å². The fourth-order valence-electron chi connectivity index (χ4n) is 12.0. The summed E-state index contributed by atoms with van der Waals surface area (Å²) in [6, 6.07) is 4.73. The average molecular weight is 712 g/mol. The van der Waals surface area contributed by atoms with Crippen LogP contribution in [0.25, 0.3) is 0 Å². The van der Waals surface area contributed by atoms with Crippen LogP contribution in [0.2, 0.25) is 0 Å². The highest BCUT2D eigenvalue weighted by molar-refractivity contribution is 7.80.